The van der Waals surface area contributed by atoms with Crippen molar-refractivity contribution in [2.45, 2.75) is 26.4 Å². The molecule has 0 radical (unpaired) electrons. The summed E-state index contributed by atoms with van der Waals surface area (Å²) in [6, 6.07) is 0. The van der Waals surface area contributed by atoms with Crippen molar-refractivity contribution in [1.29, 1.82) is 0 Å². The molecule has 6 heteroatoms. The summed E-state index contributed by atoms with van der Waals surface area (Å²) in [5.74, 6) is -2.41. The highest BCUT2D eigenvalue weighted by molar-refractivity contribution is 5.88. The molecule has 14 heavy (non-hydrogen) atoms. The summed E-state index contributed by atoms with van der Waals surface area (Å²) in [6.45, 7) is 2.98. The predicted octanol–water partition coefficient (Wildman–Crippen LogP) is 1.28. The molecule has 0 aromatic rings. The Morgan fingerprint density at radius 2 is 1.79 bits per heavy atom. The molecule has 1 amide bonds. The van der Waals surface area contributed by atoms with E-state index < -0.39 is 24.4 Å². The zero-order chi connectivity index (χ0) is 11.4. The van der Waals surface area contributed by atoms with Crippen LogP contribution in [0.5, 0.6) is 0 Å². The molecule has 0 heterocycles. The Kier molecular flexibility index (Phi) is 4.59. The first-order chi connectivity index (χ1) is 6.23. The number of halogens is 3. The molecule has 0 bridgehead atoms. The molecule has 1 N–H and O–H groups in total. The monoisotopic (exact) mass is 211 g/mol. The third-order valence-electron chi connectivity index (χ3n) is 1.34. The number of hydrogen-bond acceptors (Lipinski definition) is 2. The quantitative estimate of drug-likeness (QED) is 0.761. The van der Waals surface area contributed by atoms with Gasteiger partial charge in [-0.05, 0) is 5.92 Å². The van der Waals surface area contributed by atoms with Crippen LogP contribution in [0.15, 0.2) is 0 Å². The molecular formula is C8H12F3NO2. The van der Waals surface area contributed by atoms with Crippen molar-refractivity contribution in [2.24, 2.45) is 5.92 Å². The summed E-state index contributed by atoms with van der Waals surface area (Å²) < 4.78 is 34.9. The second-order valence-corrected chi connectivity index (χ2v) is 3.32. The van der Waals surface area contributed by atoms with Crippen molar-refractivity contribution in [3.05, 3.63) is 0 Å². The van der Waals surface area contributed by atoms with E-state index in [4.69, 9.17) is 0 Å². The van der Waals surface area contributed by atoms with Crippen molar-refractivity contribution in [2.75, 3.05) is 6.54 Å². The summed E-state index contributed by atoms with van der Waals surface area (Å²) in [5, 5.41) is 1.51. The van der Waals surface area contributed by atoms with Crippen molar-refractivity contribution >= 4 is 11.7 Å². The van der Waals surface area contributed by atoms with Gasteiger partial charge in [0.25, 0.3) is 0 Å². The van der Waals surface area contributed by atoms with Gasteiger partial charge in [-0.2, -0.15) is 13.2 Å². The first kappa shape index (κ1) is 12.9. The lowest BCUT2D eigenvalue weighted by molar-refractivity contribution is -0.173. The lowest BCUT2D eigenvalue weighted by Gasteiger charge is -2.07. The number of Topliss-reactive ketones (excluding diaryl/α,β-unsaturated/α-hetero) is 1. The number of ketones is 1. The van der Waals surface area contributed by atoms with Gasteiger partial charge in [0.1, 0.15) is 0 Å². The molecule has 0 aliphatic rings. The van der Waals surface area contributed by atoms with E-state index in [0.717, 1.165) is 0 Å². The largest absolute Gasteiger partial charge is 0.471 e. The molecule has 0 aromatic carbocycles. The number of rotatable bonds is 4. The Hall–Kier alpha value is -1.07. The van der Waals surface area contributed by atoms with Crippen LogP contribution >= 0.6 is 0 Å². The van der Waals surface area contributed by atoms with E-state index in [-0.39, 0.29) is 12.3 Å². The predicted molar refractivity (Wildman–Crippen MR) is 43.5 cm³/mol. The van der Waals surface area contributed by atoms with Crippen LogP contribution in [-0.2, 0) is 9.59 Å². The summed E-state index contributed by atoms with van der Waals surface area (Å²) >= 11 is 0. The van der Waals surface area contributed by atoms with E-state index in [1.807, 2.05) is 0 Å². The molecule has 0 spiro atoms. The topological polar surface area (TPSA) is 46.2 Å². The number of nitrogens with one attached hydrogen (secondary N) is 1. The normalized spacial score (nSPS) is 11.6. The van der Waals surface area contributed by atoms with Gasteiger partial charge in [0.05, 0.1) is 6.54 Å². The van der Waals surface area contributed by atoms with E-state index >= 15 is 0 Å². The molecule has 0 rings (SSSR count). The fourth-order valence-electron chi connectivity index (χ4n) is 0.807. The van der Waals surface area contributed by atoms with Gasteiger partial charge in [-0.25, -0.2) is 0 Å². The van der Waals surface area contributed by atoms with E-state index in [1.54, 1.807) is 13.8 Å². The minimum Gasteiger partial charge on any atom is -0.341 e. The zero-order valence-corrected chi connectivity index (χ0v) is 7.94. The van der Waals surface area contributed by atoms with Gasteiger partial charge in [0.15, 0.2) is 5.78 Å². The molecule has 0 aliphatic carbocycles. The van der Waals surface area contributed by atoms with Crippen molar-refractivity contribution < 1.29 is 22.8 Å². The van der Waals surface area contributed by atoms with Gasteiger partial charge >= 0.3 is 12.1 Å². The number of alkyl halides is 3. The molecule has 3 nitrogen and oxygen atoms in total. The maximum atomic E-state index is 11.6. The minimum atomic E-state index is -4.92. The maximum absolute atomic E-state index is 11.6. The Labute approximate surface area is 79.7 Å². The second-order valence-electron chi connectivity index (χ2n) is 3.32. The van der Waals surface area contributed by atoms with Gasteiger partial charge in [-0.15, -0.1) is 0 Å². The highest BCUT2D eigenvalue weighted by Gasteiger charge is 2.38. The Bertz CT molecular complexity index is 223. The van der Waals surface area contributed by atoms with Crippen LogP contribution in [-0.4, -0.2) is 24.4 Å². The fraction of sp³-hybridized carbons (Fsp3) is 0.750. The Balaban J connectivity index is 3.84. The SMILES string of the molecule is CC(C)CC(=O)CNC(=O)C(F)(F)F. The van der Waals surface area contributed by atoms with E-state index in [2.05, 4.69) is 0 Å². The van der Waals surface area contributed by atoms with Crippen LogP contribution < -0.4 is 5.32 Å². The molecule has 0 aliphatic heterocycles. The third-order valence-corrected chi connectivity index (χ3v) is 1.34. The lowest BCUT2D eigenvalue weighted by atomic mass is 10.1. The van der Waals surface area contributed by atoms with Gasteiger partial charge in [0, 0.05) is 6.42 Å². The lowest BCUT2D eigenvalue weighted by Crippen LogP contribution is -2.39. The summed E-state index contributed by atoms with van der Waals surface area (Å²) in [6.07, 6.45) is -4.75. The van der Waals surface area contributed by atoms with Crippen LogP contribution in [0.3, 0.4) is 0 Å². The van der Waals surface area contributed by atoms with Crippen LogP contribution in [0.25, 0.3) is 0 Å². The molecule has 82 valence electrons. The van der Waals surface area contributed by atoms with Gasteiger partial charge in [0.2, 0.25) is 0 Å². The van der Waals surface area contributed by atoms with E-state index in [9.17, 15) is 22.8 Å². The maximum Gasteiger partial charge on any atom is 0.471 e. The van der Waals surface area contributed by atoms with Crippen molar-refractivity contribution in [1.82, 2.24) is 5.32 Å². The van der Waals surface area contributed by atoms with Gasteiger partial charge in [-0.1, -0.05) is 13.8 Å². The van der Waals surface area contributed by atoms with Crippen LogP contribution in [0, 0.1) is 5.92 Å². The minimum absolute atomic E-state index is 0.0743. The number of carbonyl (C=O) groups is 2. The third kappa shape index (κ3) is 5.55. The second kappa shape index (κ2) is 4.97. The van der Waals surface area contributed by atoms with Crippen LogP contribution in [0.4, 0.5) is 13.2 Å². The van der Waals surface area contributed by atoms with Crippen LogP contribution in [0.1, 0.15) is 20.3 Å². The summed E-state index contributed by atoms with van der Waals surface area (Å²) in [7, 11) is 0. The smallest absolute Gasteiger partial charge is 0.341 e. The zero-order valence-electron chi connectivity index (χ0n) is 7.94. The first-order valence-corrected chi connectivity index (χ1v) is 4.10. The Morgan fingerprint density at radius 3 is 2.14 bits per heavy atom. The molecular weight excluding hydrogens is 199 g/mol. The van der Waals surface area contributed by atoms with Crippen molar-refractivity contribution in [3.8, 4) is 0 Å². The average Bonchev–Trinajstić information content (AvgIpc) is 1.96. The fourth-order valence-corrected chi connectivity index (χ4v) is 0.807. The molecule has 0 saturated heterocycles. The van der Waals surface area contributed by atoms with Gasteiger partial charge in [-0.3, -0.25) is 9.59 Å². The molecule has 0 aromatic heterocycles. The highest BCUT2D eigenvalue weighted by atomic mass is 19.4. The number of amides is 1. The molecule has 0 saturated carbocycles. The number of hydrogen-bond donors (Lipinski definition) is 1. The van der Waals surface area contributed by atoms with E-state index in [0.29, 0.717) is 0 Å². The average molecular weight is 211 g/mol. The summed E-state index contributed by atoms with van der Waals surface area (Å²) in [5.41, 5.74) is 0. The van der Waals surface area contributed by atoms with E-state index in [1.165, 1.54) is 5.32 Å². The summed E-state index contributed by atoms with van der Waals surface area (Å²) in [4.78, 5) is 21.2. The molecule has 0 unspecified atom stereocenters. The molecule has 0 atom stereocenters. The molecule has 0 fully saturated rings. The highest BCUT2D eigenvalue weighted by Crippen LogP contribution is 2.13. The standard InChI is InChI=1S/C8H12F3NO2/c1-5(2)3-6(13)4-12-7(14)8(9,10)11/h5H,3-4H2,1-2H3,(H,12,14). The first-order valence-electron chi connectivity index (χ1n) is 4.10. The van der Waals surface area contributed by atoms with Crippen molar-refractivity contribution in [3.63, 3.8) is 0 Å². The Morgan fingerprint density at radius 1 is 1.29 bits per heavy atom. The van der Waals surface area contributed by atoms with Gasteiger partial charge < -0.3 is 5.32 Å². The number of carbonyl (C=O) groups excluding carboxylic acids is 2. The van der Waals surface area contributed by atoms with Crippen LogP contribution in [0.2, 0.25) is 0 Å².